The Balaban J connectivity index is 2.24. The first-order valence-electron chi connectivity index (χ1n) is 6.79. The minimum absolute atomic E-state index is 0.150. The van der Waals surface area contributed by atoms with E-state index >= 15 is 0 Å². The van der Waals surface area contributed by atoms with E-state index in [0.717, 1.165) is 17.7 Å². The van der Waals surface area contributed by atoms with Crippen LogP contribution in [0.3, 0.4) is 0 Å². The van der Waals surface area contributed by atoms with E-state index in [1.807, 2.05) is 18.2 Å². The molecule has 1 aromatic rings. The number of nitrogens with zero attached hydrogens (tertiary/aromatic N) is 1. The molecule has 2 rings (SSSR count). The van der Waals surface area contributed by atoms with E-state index in [1.165, 1.54) is 0 Å². The summed E-state index contributed by atoms with van der Waals surface area (Å²) in [6.45, 7) is 3.77. The summed E-state index contributed by atoms with van der Waals surface area (Å²) in [6.07, 6.45) is 1.40. The summed E-state index contributed by atoms with van der Waals surface area (Å²) >= 11 is 0. The van der Waals surface area contributed by atoms with E-state index < -0.39 is 11.6 Å². The van der Waals surface area contributed by atoms with Crippen molar-refractivity contribution in [3.63, 3.8) is 0 Å². The summed E-state index contributed by atoms with van der Waals surface area (Å²) in [5.74, 6) is 0.518. The Hall–Kier alpha value is -1.59. The number of aliphatic hydroxyl groups is 1. The Morgan fingerprint density at radius 3 is 2.85 bits per heavy atom. The Morgan fingerprint density at radius 2 is 2.20 bits per heavy atom. The van der Waals surface area contributed by atoms with Crippen LogP contribution in [-0.4, -0.2) is 36.3 Å². The van der Waals surface area contributed by atoms with Crippen molar-refractivity contribution >= 4 is 11.6 Å². The number of anilines is 1. The number of benzene rings is 1. The largest absolute Gasteiger partial charge is 0.489 e. The molecule has 1 aliphatic rings. The van der Waals surface area contributed by atoms with Gasteiger partial charge in [-0.15, -0.1) is 0 Å². The molecule has 1 heterocycles. The van der Waals surface area contributed by atoms with Gasteiger partial charge >= 0.3 is 0 Å². The molecule has 0 bridgehead atoms. The Morgan fingerprint density at radius 1 is 1.50 bits per heavy atom. The van der Waals surface area contributed by atoms with Crippen LogP contribution in [-0.2, 0) is 11.2 Å². The highest BCUT2D eigenvalue weighted by Crippen LogP contribution is 2.32. The fraction of sp³-hybridized carbons (Fsp3) is 0.533. The zero-order valence-electron chi connectivity index (χ0n) is 12.2. The summed E-state index contributed by atoms with van der Waals surface area (Å²) in [7, 11) is 1.70. The highest BCUT2D eigenvalue weighted by atomic mass is 16.5. The minimum Gasteiger partial charge on any atom is -0.489 e. The molecule has 1 atom stereocenters. The number of hydrogen-bond donors (Lipinski definition) is 2. The molecular formula is C15H22N2O3. The number of aryl methyl sites for hydroxylation is 1. The third kappa shape index (κ3) is 3.29. The number of nitrogens with two attached hydrogens (primary N) is 1. The van der Waals surface area contributed by atoms with E-state index in [4.69, 9.17) is 10.5 Å². The normalized spacial score (nSPS) is 19.4. The molecule has 0 fully saturated rings. The van der Waals surface area contributed by atoms with Crippen LogP contribution in [0, 0.1) is 0 Å². The number of hydrogen-bond acceptors (Lipinski definition) is 4. The number of fused-ring (bicyclic) bond motifs is 1. The Kier molecular flexibility index (Phi) is 4.01. The molecular weight excluding hydrogens is 256 g/mol. The van der Waals surface area contributed by atoms with Gasteiger partial charge in [-0.25, -0.2) is 0 Å². The average molecular weight is 278 g/mol. The third-order valence-corrected chi connectivity index (χ3v) is 3.48. The summed E-state index contributed by atoms with van der Waals surface area (Å²) in [5.41, 5.74) is 6.84. The van der Waals surface area contributed by atoms with Gasteiger partial charge in [-0.2, -0.15) is 0 Å². The lowest BCUT2D eigenvalue weighted by molar-refractivity contribution is -0.119. The second kappa shape index (κ2) is 5.42. The highest BCUT2D eigenvalue weighted by molar-refractivity contribution is 5.98. The van der Waals surface area contributed by atoms with Gasteiger partial charge in [-0.1, -0.05) is 6.07 Å². The van der Waals surface area contributed by atoms with Gasteiger partial charge in [0.25, 0.3) is 0 Å². The first-order chi connectivity index (χ1) is 9.28. The Bertz CT molecular complexity index is 508. The SMILES string of the molecule is CN1C(=O)[C@@H](N)COc2ccc(CCC(C)(C)O)cc21. The number of carbonyl (C=O) groups is 1. The molecule has 110 valence electrons. The standard InChI is InChI=1S/C15H22N2O3/c1-15(2,19)7-6-10-4-5-13-12(8-10)17(3)14(18)11(16)9-20-13/h4-5,8,11,19H,6-7,9,16H2,1-3H3/t11-/m0/s1. The molecule has 5 nitrogen and oxygen atoms in total. The van der Waals surface area contributed by atoms with E-state index in [2.05, 4.69) is 0 Å². The molecule has 0 aliphatic carbocycles. The Labute approximate surface area is 119 Å². The van der Waals surface area contributed by atoms with E-state index in [9.17, 15) is 9.90 Å². The van der Waals surface area contributed by atoms with Crippen molar-refractivity contribution in [3.05, 3.63) is 23.8 Å². The van der Waals surface area contributed by atoms with Gasteiger partial charge in [0.1, 0.15) is 18.4 Å². The smallest absolute Gasteiger partial charge is 0.247 e. The zero-order chi connectivity index (χ0) is 14.9. The average Bonchev–Trinajstić information content (AvgIpc) is 2.49. The lowest BCUT2D eigenvalue weighted by Gasteiger charge is -2.20. The predicted molar refractivity (Wildman–Crippen MR) is 77.9 cm³/mol. The van der Waals surface area contributed by atoms with Crippen LogP contribution in [0.5, 0.6) is 5.75 Å². The number of rotatable bonds is 3. The highest BCUT2D eigenvalue weighted by Gasteiger charge is 2.26. The van der Waals surface area contributed by atoms with E-state index in [1.54, 1.807) is 25.8 Å². The second-order valence-electron chi connectivity index (χ2n) is 5.93. The molecule has 3 N–H and O–H groups in total. The van der Waals surface area contributed by atoms with E-state index in [0.29, 0.717) is 12.2 Å². The zero-order valence-corrected chi connectivity index (χ0v) is 12.2. The summed E-state index contributed by atoms with van der Waals surface area (Å²) in [6, 6.07) is 5.11. The second-order valence-corrected chi connectivity index (χ2v) is 5.93. The molecule has 20 heavy (non-hydrogen) atoms. The number of ether oxygens (including phenoxy) is 1. The van der Waals surface area contributed by atoms with Gasteiger partial charge in [-0.3, -0.25) is 4.79 Å². The summed E-state index contributed by atoms with van der Waals surface area (Å²) in [4.78, 5) is 13.6. The van der Waals surface area contributed by atoms with Crippen molar-refractivity contribution in [2.45, 2.75) is 38.3 Å². The minimum atomic E-state index is -0.701. The summed E-state index contributed by atoms with van der Waals surface area (Å²) in [5, 5.41) is 9.79. The lowest BCUT2D eigenvalue weighted by Crippen LogP contribution is -2.43. The van der Waals surface area contributed by atoms with Crippen molar-refractivity contribution in [2.75, 3.05) is 18.6 Å². The molecule has 0 unspecified atom stereocenters. The monoisotopic (exact) mass is 278 g/mol. The van der Waals surface area contributed by atoms with Gasteiger partial charge in [-0.05, 0) is 44.4 Å². The fourth-order valence-electron chi connectivity index (χ4n) is 2.17. The van der Waals surface area contributed by atoms with Crippen LogP contribution >= 0.6 is 0 Å². The van der Waals surface area contributed by atoms with Crippen LogP contribution in [0.25, 0.3) is 0 Å². The molecule has 1 aromatic carbocycles. The van der Waals surface area contributed by atoms with Crippen molar-refractivity contribution < 1.29 is 14.6 Å². The molecule has 1 aliphatic heterocycles. The van der Waals surface area contributed by atoms with Crippen LogP contribution in [0.4, 0.5) is 5.69 Å². The van der Waals surface area contributed by atoms with Crippen LogP contribution in [0.2, 0.25) is 0 Å². The maximum atomic E-state index is 12.0. The van der Waals surface area contributed by atoms with Crippen LogP contribution in [0.1, 0.15) is 25.8 Å². The first-order valence-corrected chi connectivity index (χ1v) is 6.79. The number of likely N-dealkylation sites (N-methyl/N-ethyl adjacent to an activating group) is 1. The van der Waals surface area contributed by atoms with Crippen molar-refractivity contribution in [1.29, 1.82) is 0 Å². The van der Waals surface area contributed by atoms with Gasteiger partial charge in [0.05, 0.1) is 11.3 Å². The fourth-order valence-corrected chi connectivity index (χ4v) is 2.17. The van der Waals surface area contributed by atoms with Gasteiger partial charge in [0.15, 0.2) is 0 Å². The first kappa shape index (κ1) is 14.8. The van der Waals surface area contributed by atoms with E-state index in [-0.39, 0.29) is 12.5 Å². The van der Waals surface area contributed by atoms with Gasteiger partial charge in [0.2, 0.25) is 5.91 Å². The quantitative estimate of drug-likeness (QED) is 0.867. The third-order valence-electron chi connectivity index (χ3n) is 3.48. The van der Waals surface area contributed by atoms with Gasteiger partial charge in [0, 0.05) is 7.05 Å². The van der Waals surface area contributed by atoms with Crippen molar-refractivity contribution in [2.24, 2.45) is 5.73 Å². The maximum Gasteiger partial charge on any atom is 0.247 e. The van der Waals surface area contributed by atoms with Crippen LogP contribution in [0.15, 0.2) is 18.2 Å². The predicted octanol–water partition coefficient (Wildman–Crippen LogP) is 1.07. The molecule has 0 saturated heterocycles. The van der Waals surface area contributed by atoms with Crippen molar-refractivity contribution in [1.82, 2.24) is 0 Å². The topological polar surface area (TPSA) is 75.8 Å². The molecule has 0 radical (unpaired) electrons. The van der Waals surface area contributed by atoms with Crippen molar-refractivity contribution in [3.8, 4) is 5.75 Å². The molecule has 1 amide bonds. The lowest BCUT2D eigenvalue weighted by atomic mass is 9.98. The molecule has 0 aromatic heterocycles. The number of carbonyl (C=O) groups excluding carboxylic acids is 1. The number of amides is 1. The molecule has 0 spiro atoms. The van der Waals surface area contributed by atoms with Gasteiger partial charge < -0.3 is 20.5 Å². The summed E-state index contributed by atoms with van der Waals surface area (Å²) < 4.78 is 5.57. The maximum absolute atomic E-state index is 12.0. The molecule has 5 heteroatoms. The molecule has 0 saturated carbocycles. The van der Waals surface area contributed by atoms with Crippen LogP contribution < -0.4 is 15.4 Å².